The van der Waals surface area contributed by atoms with Gasteiger partial charge in [-0.15, -0.1) is 0 Å². The number of hydrogen-bond donors (Lipinski definition) is 0. The van der Waals surface area contributed by atoms with Gasteiger partial charge in [0.1, 0.15) is 5.78 Å². The Bertz CT molecular complexity index is 158. The van der Waals surface area contributed by atoms with E-state index in [1.165, 1.54) is 19.3 Å². The Morgan fingerprint density at radius 1 is 0.833 bits per heavy atom. The molecular weight excluding hydrogens is 148 g/mol. The molecule has 0 aromatic rings. The monoisotopic (exact) mass is 166 g/mol. The van der Waals surface area contributed by atoms with Crippen molar-refractivity contribution in [2.45, 2.75) is 51.4 Å². The largest absolute Gasteiger partial charge is 0.300 e. The van der Waals surface area contributed by atoms with Crippen molar-refractivity contribution in [1.82, 2.24) is 0 Å². The molecule has 0 fully saturated rings. The third-order valence-corrected chi connectivity index (χ3v) is 2.32. The van der Waals surface area contributed by atoms with E-state index >= 15 is 0 Å². The quantitative estimate of drug-likeness (QED) is 0.505. The van der Waals surface area contributed by atoms with Crippen LogP contribution in [0.3, 0.4) is 0 Å². The van der Waals surface area contributed by atoms with Crippen LogP contribution in [0.25, 0.3) is 0 Å². The van der Waals surface area contributed by atoms with Gasteiger partial charge in [-0.05, 0) is 32.1 Å². The van der Waals surface area contributed by atoms with Gasteiger partial charge >= 0.3 is 0 Å². The summed E-state index contributed by atoms with van der Waals surface area (Å²) in [5, 5.41) is 0. The van der Waals surface area contributed by atoms with Crippen LogP contribution in [0.15, 0.2) is 12.2 Å². The molecule has 0 aromatic carbocycles. The van der Waals surface area contributed by atoms with Crippen LogP contribution in [-0.4, -0.2) is 5.78 Å². The molecule has 1 heteroatoms. The Kier molecular flexibility index (Phi) is 4.74. The first kappa shape index (κ1) is 9.50. The fourth-order valence-corrected chi connectivity index (χ4v) is 1.54. The van der Waals surface area contributed by atoms with Gasteiger partial charge in [0, 0.05) is 12.8 Å². The molecular formula is C11H18O. The molecule has 0 saturated heterocycles. The lowest BCUT2D eigenvalue weighted by molar-refractivity contribution is -0.119. The Balaban J connectivity index is 2.26. The lowest BCUT2D eigenvalue weighted by Gasteiger charge is -1.97. The minimum absolute atomic E-state index is 0.463. The number of carbonyl (C=O) groups excluding carboxylic acids is 1. The molecule has 0 unspecified atom stereocenters. The maximum Gasteiger partial charge on any atom is 0.132 e. The van der Waals surface area contributed by atoms with Crippen molar-refractivity contribution in [3.05, 3.63) is 12.2 Å². The molecule has 0 heterocycles. The minimum atomic E-state index is 0.463. The third kappa shape index (κ3) is 4.32. The van der Waals surface area contributed by atoms with Crippen molar-refractivity contribution in [2.75, 3.05) is 0 Å². The number of rotatable bonds is 0. The number of carbonyl (C=O) groups is 1. The molecule has 1 aliphatic rings. The highest BCUT2D eigenvalue weighted by molar-refractivity contribution is 5.78. The van der Waals surface area contributed by atoms with Gasteiger partial charge in [0.25, 0.3) is 0 Å². The lowest BCUT2D eigenvalue weighted by atomic mass is 10.1. The predicted molar refractivity (Wildman–Crippen MR) is 51.1 cm³/mol. The number of Topliss-reactive ketones (excluding diaryl/α,β-unsaturated/α-hetero) is 1. The van der Waals surface area contributed by atoms with E-state index in [2.05, 4.69) is 12.2 Å². The molecule has 0 aliphatic heterocycles. The fraction of sp³-hybridized carbons (Fsp3) is 0.727. The van der Waals surface area contributed by atoms with E-state index in [4.69, 9.17) is 0 Å². The maximum absolute atomic E-state index is 11.2. The summed E-state index contributed by atoms with van der Waals surface area (Å²) in [5.41, 5.74) is 0. The van der Waals surface area contributed by atoms with Crippen molar-refractivity contribution >= 4 is 5.78 Å². The van der Waals surface area contributed by atoms with Crippen LogP contribution in [0, 0.1) is 0 Å². The maximum atomic E-state index is 11.2. The highest BCUT2D eigenvalue weighted by atomic mass is 16.1. The van der Waals surface area contributed by atoms with Crippen molar-refractivity contribution in [2.24, 2.45) is 0 Å². The molecule has 1 aliphatic carbocycles. The van der Waals surface area contributed by atoms with Gasteiger partial charge in [-0.2, -0.15) is 0 Å². The summed E-state index contributed by atoms with van der Waals surface area (Å²) in [6.45, 7) is 0. The zero-order chi connectivity index (χ0) is 8.65. The van der Waals surface area contributed by atoms with Gasteiger partial charge < -0.3 is 0 Å². The number of allylic oxidation sites excluding steroid dienone is 2. The first-order valence-corrected chi connectivity index (χ1v) is 5.06. The van der Waals surface area contributed by atoms with Crippen molar-refractivity contribution in [3.63, 3.8) is 0 Å². The Hall–Kier alpha value is -0.590. The molecule has 0 atom stereocenters. The van der Waals surface area contributed by atoms with E-state index in [1.807, 2.05) is 0 Å². The number of ketones is 1. The first-order chi connectivity index (χ1) is 5.89. The molecule has 12 heavy (non-hydrogen) atoms. The second-order valence-electron chi connectivity index (χ2n) is 3.50. The summed E-state index contributed by atoms with van der Waals surface area (Å²) in [6.07, 6.45) is 13.0. The van der Waals surface area contributed by atoms with Crippen LogP contribution >= 0.6 is 0 Å². The second-order valence-corrected chi connectivity index (χ2v) is 3.50. The van der Waals surface area contributed by atoms with Crippen molar-refractivity contribution < 1.29 is 4.79 Å². The molecule has 0 bridgehead atoms. The standard InChI is InChI=1S/C11H18O/c12-11-9-7-5-3-1-2-4-6-8-10-11/h1,3H,2,4-10H2. The van der Waals surface area contributed by atoms with Gasteiger partial charge in [0.15, 0.2) is 0 Å². The van der Waals surface area contributed by atoms with E-state index in [0.717, 1.165) is 32.1 Å². The topological polar surface area (TPSA) is 17.1 Å². The van der Waals surface area contributed by atoms with Crippen LogP contribution in [0.4, 0.5) is 0 Å². The van der Waals surface area contributed by atoms with Gasteiger partial charge in [0.2, 0.25) is 0 Å². The summed E-state index contributed by atoms with van der Waals surface area (Å²) in [4.78, 5) is 11.2. The van der Waals surface area contributed by atoms with Crippen LogP contribution in [0.5, 0.6) is 0 Å². The number of hydrogen-bond acceptors (Lipinski definition) is 1. The Morgan fingerprint density at radius 3 is 2.33 bits per heavy atom. The van der Waals surface area contributed by atoms with Crippen LogP contribution < -0.4 is 0 Å². The van der Waals surface area contributed by atoms with Crippen LogP contribution in [-0.2, 0) is 4.79 Å². The smallest absolute Gasteiger partial charge is 0.132 e. The second kappa shape index (κ2) is 5.99. The Labute approximate surface area is 74.9 Å². The first-order valence-electron chi connectivity index (χ1n) is 5.06. The summed E-state index contributed by atoms with van der Waals surface area (Å²) >= 11 is 0. The van der Waals surface area contributed by atoms with Crippen molar-refractivity contribution in [1.29, 1.82) is 0 Å². The zero-order valence-electron chi connectivity index (χ0n) is 7.72. The Morgan fingerprint density at radius 2 is 1.50 bits per heavy atom. The van der Waals surface area contributed by atoms with E-state index in [9.17, 15) is 4.79 Å². The molecule has 0 radical (unpaired) electrons. The highest BCUT2D eigenvalue weighted by Gasteiger charge is 2.01. The van der Waals surface area contributed by atoms with Gasteiger partial charge in [-0.1, -0.05) is 18.6 Å². The molecule has 1 rings (SSSR count). The molecule has 0 saturated carbocycles. The van der Waals surface area contributed by atoms with E-state index in [-0.39, 0.29) is 0 Å². The normalized spacial score (nSPS) is 21.8. The van der Waals surface area contributed by atoms with Crippen LogP contribution in [0.2, 0.25) is 0 Å². The molecule has 0 amide bonds. The van der Waals surface area contributed by atoms with Gasteiger partial charge in [-0.25, -0.2) is 0 Å². The molecule has 0 spiro atoms. The summed E-state index contributed by atoms with van der Waals surface area (Å²) in [5.74, 6) is 0.463. The molecule has 0 aromatic heterocycles. The molecule has 1 nitrogen and oxygen atoms in total. The highest BCUT2D eigenvalue weighted by Crippen LogP contribution is 2.10. The van der Waals surface area contributed by atoms with E-state index in [1.54, 1.807) is 0 Å². The average molecular weight is 166 g/mol. The van der Waals surface area contributed by atoms with Crippen LogP contribution in [0.1, 0.15) is 51.4 Å². The minimum Gasteiger partial charge on any atom is -0.300 e. The lowest BCUT2D eigenvalue weighted by Crippen LogP contribution is -1.96. The molecule has 0 N–H and O–H groups in total. The SMILES string of the molecule is O=C1CCCC=CCCCCC1. The van der Waals surface area contributed by atoms with Crippen molar-refractivity contribution in [3.8, 4) is 0 Å². The predicted octanol–water partition coefficient (Wildman–Crippen LogP) is 3.25. The fourth-order valence-electron chi connectivity index (χ4n) is 1.54. The molecule has 68 valence electrons. The summed E-state index contributed by atoms with van der Waals surface area (Å²) in [7, 11) is 0. The van der Waals surface area contributed by atoms with Gasteiger partial charge in [0.05, 0.1) is 0 Å². The summed E-state index contributed by atoms with van der Waals surface area (Å²) < 4.78 is 0. The zero-order valence-corrected chi connectivity index (χ0v) is 7.72. The van der Waals surface area contributed by atoms with E-state index < -0.39 is 0 Å². The third-order valence-electron chi connectivity index (χ3n) is 2.32. The van der Waals surface area contributed by atoms with Gasteiger partial charge in [-0.3, -0.25) is 4.79 Å². The summed E-state index contributed by atoms with van der Waals surface area (Å²) in [6, 6.07) is 0. The average Bonchev–Trinajstić information content (AvgIpc) is 2.11. The van der Waals surface area contributed by atoms with E-state index in [0.29, 0.717) is 5.78 Å².